The molecule has 0 saturated carbocycles. The standard InChI is InChI=1S/C22H15NO6S/c1-29-15-9-7-14(8-10-15)22(26)18-13-17-19(24)11-12-20(25)21(17)23(18)30(27,28)16-5-3-2-4-6-16/h2-13H,1H3. The summed E-state index contributed by atoms with van der Waals surface area (Å²) in [5, 5.41) is 0. The average molecular weight is 421 g/mol. The van der Waals surface area contributed by atoms with Crippen molar-refractivity contribution in [2.24, 2.45) is 0 Å². The number of carbonyl (C=O) groups excluding carboxylic acids is 3. The maximum absolute atomic E-state index is 13.4. The zero-order chi connectivity index (χ0) is 21.5. The SMILES string of the molecule is COc1ccc(C(=O)c2cc3c(n2S(=O)(=O)c2ccccc2)C(=O)C=CC3=O)cc1. The average Bonchev–Trinajstić information content (AvgIpc) is 3.19. The van der Waals surface area contributed by atoms with Crippen LogP contribution in [0.15, 0.2) is 77.7 Å². The summed E-state index contributed by atoms with van der Waals surface area (Å²) >= 11 is 0. The van der Waals surface area contributed by atoms with Crippen LogP contribution in [-0.2, 0) is 10.0 Å². The highest BCUT2D eigenvalue weighted by atomic mass is 32.2. The number of rotatable bonds is 5. The minimum absolute atomic E-state index is 0.109. The summed E-state index contributed by atoms with van der Waals surface area (Å²) in [4.78, 5) is 38.0. The van der Waals surface area contributed by atoms with Gasteiger partial charge in [-0.25, -0.2) is 12.4 Å². The second kappa shape index (κ2) is 7.23. The Labute approximate surface area is 172 Å². The molecular formula is C22H15NO6S. The molecule has 1 heterocycles. The van der Waals surface area contributed by atoms with Crippen LogP contribution in [0.2, 0.25) is 0 Å². The van der Waals surface area contributed by atoms with Gasteiger partial charge in [-0.1, -0.05) is 18.2 Å². The van der Waals surface area contributed by atoms with E-state index in [0.717, 1.165) is 18.2 Å². The van der Waals surface area contributed by atoms with Gasteiger partial charge in [0.15, 0.2) is 5.78 Å². The molecule has 0 radical (unpaired) electrons. The Morgan fingerprint density at radius 1 is 0.900 bits per heavy atom. The van der Waals surface area contributed by atoms with Gasteiger partial charge in [-0.15, -0.1) is 0 Å². The van der Waals surface area contributed by atoms with Crippen LogP contribution < -0.4 is 4.74 Å². The summed E-state index contributed by atoms with van der Waals surface area (Å²) in [6.07, 6.45) is 2.06. The molecule has 150 valence electrons. The van der Waals surface area contributed by atoms with Gasteiger partial charge < -0.3 is 4.74 Å². The molecule has 0 unspecified atom stereocenters. The third kappa shape index (κ3) is 3.07. The summed E-state index contributed by atoms with van der Waals surface area (Å²) in [6, 6.07) is 14.7. The Balaban J connectivity index is 1.98. The fourth-order valence-corrected chi connectivity index (χ4v) is 4.76. The topological polar surface area (TPSA) is 99.5 Å². The van der Waals surface area contributed by atoms with Gasteiger partial charge in [-0.3, -0.25) is 14.4 Å². The number of allylic oxidation sites excluding steroid dienone is 2. The Morgan fingerprint density at radius 2 is 1.53 bits per heavy atom. The van der Waals surface area contributed by atoms with Crippen LogP contribution in [-0.4, -0.2) is 36.8 Å². The third-order valence-corrected chi connectivity index (χ3v) is 6.44. The first-order valence-corrected chi connectivity index (χ1v) is 10.3. The highest BCUT2D eigenvalue weighted by Crippen LogP contribution is 2.29. The molecule has 7 nitrogen and oxygen atoms in total. The van der Waals surface area contributed by atoms with Crippen molar-refractivity contribution in [3.05, 3.63) is 95.3 Å². The number of ether oxygens (including phenoxy) is 1. The molecule has 4 rings (SSSR count). The van der Waals surface area contributed by atoms with E-state index in [4.69, 9.17) is 4.74 Å². The Kier molecular flexibility index (Phi) is 4.71. The molecule has 30 heavy (non-hydrogen) atoms. The predicted octanol–water partition coefficient (Wildman–Crippen LogP) is 2.90. The van der Waals surface area contributed by atoms with Crippen LogP contribution in [0.4, 0.5) is 0 Å². The molecule has 1 aliphatic rings. The molecule has 1 aromatic heterocycles. The van der Waals surface area contributed by atoms with E-state index in [9.17, 15) is 22.8 Å². The fourth-order valence-electron chi connectivity index (χ4n) is 3.23. The molecule has 0 N–H and O–H groups in total. The van der Waals surface area contributed by atoms with Crippen molar-refractivity contribution in [3.63, 3.8) is 0 Å². The number of hydrogen-bond acceptors (Lipinski definition) is 6. The Bertz CT molecular complexity index is 1320. The van der Waals surface area contributed by atoms with E-state index in [1.165, 1.54) is 43.5 Å². The minimum atomic E-state index is -4.33. The smallest absolute Gasteiger partial charge is 0.268 e. The monoisotopic (exact) mass is 421 g/mol. The molecule has 0 aliphatic heterocycles. The lowest BCUT2D eigenvalue weighted by atomic mass is 10.0. The molecule has 8 heteroatoms. The molecule has 1 aliphatic carbocycles. The number of nitrogens with zero attached hydrogens (tertiary/aromatic N) is 1. The molecule has 0 saturated heterocycles. The number of carbonyl (C=O) groups is 3. The lowest BCUT2D eigenvalue weighted by Gasteiger charge is -2.14. The van der Waals surface area contributed by atoms with Gasteiger partial charge in [0.25, 0.3) is 10.0 Å². The molecule has 0 bridgehead atoms. The fraction of sp³-hybridized carbons (Fsp3) is 0.0455. The van der Waals surface area contributed by atoms with Crippen LogP contribution >= 0.6 is 0 Å². The first kappa shape index (κ1) is 19.5. The van der Waals surface area contributed by atoms with Gasteiger partial charge in [0, 0.05) is 5.56 Å². The predicted molar refractivity (Wildman–Crippen MR) is 108 cm³/mol. The lowest BCUT2D eigenvalue weighted by Crippen LogP contribution is -2.24. The van der Waals surface area contributed by atoms with Gasteiger partial charge in [-0.2, -0.15) is 0 Å². The van der Waals surface area contributed by atoms with Gasteiger partial charge in [0.2, 0.25) is 11.6 Å². The van der Waals surface area contributed by atoms with Gasteiger partial charge in [0.05, 0.1) is 17.6 Å². The van der Waals surface area contributed by atoms with Crippen LogP contribution in [0.3, 0.4) is 0 Å². The number of fused-ring (bicyclic) bond motifs is 1. The second-order valence-electron chi connectivity index (χ2n) is 6.49. The van der Waals surface area contributed by atoms with Gasteiger partial charge >= 0.3 is 0 Å². The normalized spacial score (nSPS) is 13.2. The molecular weight excluding hydrogens is 406 g/mol. The van der Waals surface area contributed by atoms with Crippen molar-refractivity contribution in [1.29, 1.82) is 0 Å². The van der Waals surface area contributed by atoms with Crippen molar-refractivity contribution in [2.75, 3.05) is 7.11 Å². The molecule has 0 spiro atoms. The molecule has 0 fully saturated rings. The Hall–Kier alpha value is -3.78. The van der Waals surface area contributed by atoms with Crippen molar-refractivity contribution in [3.8, 4) is 5.75 Å². The summed E-state index contributed by atoms with van der Waals surface area (Å²) in [7, 11) is -2.85. The first-order chi connectivity index (χ1) is 14.3. The van der Waals surface area contributed by atoms with Crippen molar-refractivity contribution >= 4 is 27.4 Å². The first-order valence-electron chi connectivity index (χ1n) is 8.86. The van der Waals surface area contributed by atoms with Crippen LogP contribution in [0, 0.1) is 0 Å². The van der Waals surface area contributed by atoms with Crippen LogP contribution in [0.5, 0.6) is 5.75 Å². The zero-order valence-corrected chi connectivity index (χ0v) is 16.5. The van der Waals surface area contributed by atoms with E-state index >= 15 is 0 Å². The van der Waals surface area contributed by atoms with Crippen molar-refractivity contribution < 1.29 is 27.5 Å². The Morgan fingerprint density at radius 3 is 2.17 bits per heavy atom. The van der Waals surface area contributed by atoms with Crippen molar-refractivity contribution in [2.45, 2.75) is 4.90 Å². The molecule has 0 amide bonds. The number of hydrogen-bond donors (Lipinski definition) is 0. The van der Waals surface area contributed by atoms with E-state index in [1.807, 2.05) is 0 Å². The third-order valence-electron chi connectivity index (χ3n) is 4.71. The molecule has 2 aromatic carbocycles. The minimum Gasteiger partial charge on any atom is -0.497 e. The maximum atomic E-state index is 13.4. The van der Waals surface area contributed by atoms with E-state index in [-0.39, 0.29) is 27.4 Å². The van der Waals surface area contributed by atoms with E-state index < -0.39 is 27.4 Å². The summed E-state index contributed by atoms with van der Waals surface area (Å²) < 4.78 is 32.5. The number of benzene rings is 2. The zero-order valence-electron chi connectivity index (χ0n) is 15.7. The summed E-state index contributed by atoms with van der Waals surface area (Å²) in [6.45, 7) is 0. The van der Waals surface area contributed by atoms with Crippen LogP contribution in [0.1, 0.15) is 36.9 Å². The largest absolute Gasteiger partial charge is 0.497 e. The highest BCUT2D eigenvalue weighted by molar-refractivity contribution is 7.90. The lowest BCUT2D eigenvalue weighted by molar-refractivity contribution is 0.0990. The van der Waals surface area contributed by atoms with Gasteiger partial charge in [-0.05, 0) is 54.6 Å². The second-order valence-corrected chi connectivity index (χ2v) is 8.28. The van der Waals surface area contributed by atoms with E-state index in [0.29, 0.717) is 9.72 Å². The highest BCUT2D eigenvalue weighted by Gasteiger charge is 2.35. The number of ketones is 3. The van der Waals surface area contributed by atoms with Gasteiger partial charge in [0.1, 0.15) is 17.1 Å². The van der Waals surface area contributed by atoms with Crippen molar-refractivity contribution in [1.82, 2.24) is 3.97 Å². The molecule has 3 aromatic rings. The quantitative estimate of drug-likeness (QED) is 0.588. The number of aromatic nitrogens is 1. The van der Waals surface area contributed by atoms with E-state index in [2.05, 4.69) is 0 Å². The van der Waals surface area contributed by atoms with Crippen LogP contribution in [0.25, 0.3) is 0 Å². The summed E-state index contributed by atoms with van der Waals surface area (Å²) in [5.74, 6) is -1.34. The number of methoxy groups -OCH3 is 1. The summed E-state index contributed by atoms with van der Waals surface area (Å²) in [5.41, 5.74) is -0.579. The van der Waals surface area contributed by atoms with E-state index in [1.54, 1.807) is 18.2 Å². The molecule has 0 atom stereocenters. The maximum Gasteiger partial charge on any atom is 0.268 e.